The average molecular weight is 294 g/mol. The molecule has 1 atom stereocenters. The third kappa shape index (κ3) is 3.27. The Bertz CT molecular complexity index is 619. The van der Waals surface area contributed by atoms with Gasteiger partial charge in [-0.15, -0.1) is 0 Å². The molecule has 4 heteroatoms. The topological polar surface area (TPSA) is 20.2 Å². The maximum absolute atomic E-state index is 12.6. The number of aliphatic hydroxyl groups is 1. The fraction of sp³-hybridized carbons (Fsp3) is 0.294. The molecule has 1 nitrogen and oxygen atoms in total. The first-order valence-electron chi connectivity index (χ1n) is 6.63. The minimum absolute atomic E-state index is 0.457. The molecule has 0 aliphatic rings. The first-order valence-corrected chi connectivity index (χ1v) is 6.63. The Morgan fingerprint density at radius 1 is 0.905 bits per heavy atom. The summed E-state index contributed by atoms with van der Waals surface area (Å²) in [5, 5.41) is 10.5. The summed E-state index contributed by atoms with van der Waals surface area (Å²) in [6.07, 6.45) is -5.29. The second-order valence-electron chi connectivity index (χ2n) is 5.33. The largest absolute Gasteiger partial charge is 0.416 e. The normalized spacial score (nSPS) is 13.3. The monoisotopic (exact) mass is 294 g/mol. The van der Waals surface area contributed by atoms with Crippen LogP contribution in [0.5, 0.6) is 0 Å². The molecular weight excluding hydrogens is 277 g/mol. The van der Waals surface area contributed by atoms with E-state index in [1.165, 1.54) is 12.1 Å². The molecule has 0 aliphatic heterocycles. The van der Waals surface area contributed by atoms with Crippen molar-refractivity contribution in [3.8, 4) is 0 Å². The third-order valence-electron chi connectivity index (χ3n) is 3.57. The maximum atomic E-state index is 12.6. The molecule has 112 valence electrons. The highest BCUT2D eigenvalue weighted by molar-refractivity contribution is 5.43. The molecule has 0 bridgehead atoms. The Hall–Kier alpha value is -1.81. The van der Waals surface area contributed by atoms with Crippen molar-refractivity contribution in [2.75, 3.05) is 0 Å². The van der Waals surface area contributed by atoms with Gasteiger partial charge in [0.1, 0.15) is 6.10 Å². The van der Waals surface area contributed by atoms with E-state index in [1.807, 2.05) is 32.9 Å². The summed E-state index contributed by atoms with van der Waals surface area (Å²) in [4.78, 5) is 0. The lowest BCUT2D eigenvalue weighted by atomic mass is 9.91. The molecule has 2 aromatic carbocycles. The van der Waals surface area contributed by atoms with Crippen LogP contribution in [-0.2, 0) is 6.18 Å². The molecule has 1 unspecified atom stereocenters. The first kappa shape index (κ1) is 15.6. The predicted molar refractivity (Wildman–Crippen MR) is 76.2 cm³/mol. The number of halogens is 3. The highest BCUT2D eigenvalue weighted by Crippen LogP contribution is 2.32. The fourth-order valence-corrected chi connectivity index (χ4v) is 2.64. The summed E-state index contributed by atoms with van der Waals surface area (Å²) in [6.45, 7) is 5.75. The zero-order valence-electron chi connectivity index (χ0n) is 12.1. The summed E-state index contributed by atoms with van der Waals surface area (Å²) >= 11 is 0. The van der Waals surface area contributed by atoms with E-state index in [0.29, 0.717) is 5.56 Å². The number of hydrogen-bond donors (Lipinski definition) is 1. The van der Waals surface area contributed by atoms with Crippen LogP contribution < -0.4 is 0 Å². The van der Waals surface area contributed by atoms with Crippen molar-refractivity contribution in [2.24, 2.45) is 0 Å². The number of hydrogen-bond acceptors (Lipinski definition) is 1. The lowest BCUT2D eigenvalue weighted by Gasteiger charge is -2.18. The molecule has 0 heterocycles. The molecule has 0 fully saturated rings. The second kappa shape index (κ2) is 5.53. The summed E-state index contributed by atoms with van der Waals surface area (Å²) < 4.78 is 37.7. The van der Waals surface area contributed by atoms with E-state index in [4.69, 9.17) is 0 Å². The van der Waals surface area contributed by atoms with Crippen LogP contribution in [0.25, 0.3) is 0 Å². The number of benzene rings is 2. The van der Waals surface area contributed by atoms with Gasteiger partial charge in [0.05, 0.1) is 5.56 Å². The van der Waals surface area contributed by atoms with Crippen molar-refractivity contribution in [3.63, 3.8) is 0 Å². The molecule has 0 spiro atoms. The van der Waals surface area contributed by atoms with Crippen LogP contribution in [0, 0.1) is 20.8 Å². The first-order chi connectivity index (χ1) is 9.70. The Morgan fingerprint density at radius 3 is 1.81 bits per heavy atom. The number of rotatable bonds is 2. The van der Waals surface area contributed by atoms with Crippen molar-refractivity contribution < 1.29 is 18.3 Å². The molecule has 0 aliphatic carbocycles. The van der Waals surface area contributed by atoms with Crippen LogP contribution in [0.2, 0.25) is 0 Å². The fourth-order valence-electron chi connectivity index (χ4n) is 2.64. The molecule has 2 rings (SSSR count). The van der Waals surface area contributed by atoms with Gasteiger partial charge in [0, 0.05) is 0 Å². The number of alkyl halides is 3. The minimum atomic E-state index is -4.36. The van der Waals surface area contributed by atoms with Gasteiger partial charge < -0.3 is 5.11 Å². The molecule has 2 aromatic rings. The summed E-state index contributed by atoms with van der Waals surface area (Å²) in [7, 11) is 0. The second-order valence-corrected chi connectivity index (χ2v) is 5.33. The summed E-state index contributed by atoms with van der Waals surface area (Å²) in [6, 6.07) is 8.55. The van der Waals surface area contributed by atoms with E-state index in [0.717, 1.165) is 34.4 Å². The van der Waals surface area contributed by atoms with E-state index in [1.54, 1.807) is 0 Å². The van der Waals surface area contributed by atoms with Crippen LogP contribution in [0.4, 0.5) is 13.2 Å². The van der Waals surface area contributed by atoms with Gasteiger partial charge in [-0.25, -0.2) is 0 Å². The van der Waals surface area contributed by atoms with E-state index in [9.17, 15) is 18.3 Å². The highest BCUT2D eigenvalue weighted by Gasteiger charge is 2.30. The van der Waals surface area contributed by atoms with Crippen molar-refractivity contribution in [3.05, 3.63) is 69.8 Å². The molecule has 0 saturated carbocycles. The van der Waals surface area contributed by atoms with E-state index in [-0.39, 0.29) is 0 Å². The van der Waals surface area contributed by atoms with Gasteiger partial charge >= 0.3 is 6.18 Å². The van der Waals surface area contributed by atoms with Gasteiger partial charge in [-0.2, -0.15) is 13.2 Å². The Labute approximate surface area is 122 Å². The smallest absolute Gasteiger partial charge is 0.384 e. The lowest BCUT2D eigenvalue weighted by molar-refractivity contribution is -0.137. The van der Waals surface area contributed by atoms with Crippen LogP contribution in [0.1, 0.15) is 39.5 Å². The van der Waals surface area contributed by atoms with E-state index in [2.05, 4.69) is 0 Å². The molecule has 21 heavy (non-hydrogen) atoms. The minimum Gasteiger partial charge on any atom is -0.384 e. The zero-order chi connectivity index (χ0) is 15.8. The quantitative estimate of drug-likeness (QED) is 0.850. The Balaban J connectivity index is 2.39. The molecule has 0 aromatic heterocycles. The van der Waals surface area contributed by atoms with Crippen molar-refractivity contribution in [1.82, 2.24) is 0 Å². The van der Waals surface area contributed by atoms with Crippen LogP contribution in [0.15, 0.2) is 36.4 Å². The molecule has 0 saturated heterocycles. The van der Waals surface area contributed by atoms with Crippen LogP contribution in [-0.4, -0.2) is 5.11 Å². The number of aliphatic hydroxyl groups excluding tert-OH is 1. The van der Waals surface area contributed by atoms with Crippen molar-refractivity contribution in [1.29, 1.82) is 0 Å². The molecular formula is C17H17F3O. The van der Waals surface area contributed by atoms with Crippen molar-refractivity contribution >= 4 is 0 Å². The van der Waals surface area contributed by atoms with Crippen LogP contribution >= 0.6 is 0 Å². The van der Waals surface area contributed by atoms with Gasteiger partial charge in [-0.1, -0.05) is 29.8 Å². The molecule has 1 N–H and O–H groups in total. The van der Waals surface area contributed by atoms with Gasteiger partial charge in [-0.05, 0) is 55.2 Å². The zero-order valence-corrected chi connectivity index (χ0v) is 12.1. The SMILES string of the molecule is Cc1cc(C)c(C(O)c2ccc(C(F)(F)F)cc2)c(C)c1. The Kier molecular flexibility index (Phi) is 4.10. The Morgan fingerprint density at radius 2 is 1.38 bits per heavy atom. The van der Waals surface area contributed by atoms with Gasteiger partial charge in [0.25, 0.3) is 0 Å². The standard InChI is InChI=1S/C17H17F3O/c1-10-8-11(2)15(12(3)9-10)16(21)13-4-6-14(7-5-13)17(18,19)20/h4-9,16,21H,1-3H3. The van der Waals surface area contributed by atoms with Crippen molar-refractivity contribution in [2.45, 2.75) is 33.1 Å². The van der Waals surface area contributed by atoms with Gasteiger partial charge in [0.2, 0.25) is 0 Å². The van der Waals surface area contributed by atoms with E-state index >= 15 is 0 Å². The number of aryl methyl sites for hydroxylation is 3. The van der Waals surface area contributed by atoms with Gasteiger partial charge in [-0.3, -0.25) is 0 Å². The predicted octanol–water partition coefficient (Wildman–Crippen LogP) is 4.71. The summed E-state index contributed by atoms with van der Waals surface area (Å²) in [5.41, 5.74) is 3.45. The van der Waals surface area contributed by atoms with Crippen LogP contribution in [0.3, 0.4) is 0 Å². The van der Waals surface area contributed by atoms with E-state index < -0.39 is 17.8 Å². The highest BCUT2D eigenvalue weighted by atomic mass is 19.4. The average Bonchev–Trinajstić information content (AvgIpc) is 2.36. The molecule has 0 amide bonds. The molecule has 0 radical (unpaired) electrons. The van der Waals surface area contributed by atoms with Gasteiger partial charge in [0.15, 0.2) is 0 Å². The maximum Gasteiger partial charge on any atom is 0.416 e. The lowest BCUT2D eigenvalue weighted by Crippen LogP contribution is -2.08. The summed E-state index contributed by atoms with van der Waals surface area (Å²) in [5.74, 6) is 0. The third-order valence-corrected chi connectivity index (χ3v) is 3.57.